The molecule has 0 spiro atoms. The van der Waals surface area contributed by atoms with Crippen LogP contribution in [0.5, 0.6) is 0 Å². The van der Waals surface area contributed by atoms with Gasteiger partial charge in [0.15, 0.2) is 0 Å². The molecular weight excluding hydrogens is 380 g/mol. The summed E-state index contributed by atoms with van der Waals surface area (Å²) in [7, 11) is 0. The predicted octanol–water partition coefficient (Wildman–Crippen LogP) is 3.94. The predicted molar refractivity (Wildman–Crippen MR) is 96.3 cm³/mol. The zero-order valence-corrected chi connectivity index (χ0v) is 15.3. The minimum atomic E-state index is -1.07. The van der Waals surface area contributed by atoms with E-state index in [1.807, 2.05) is 19.1 Å². The number of alkyl halides is 1. The van der Waals surface area contributed by atoms with Gasteiger partial charge >= 0.3 is 0 Å². The number of carbonyl (C=O) groups excluding carboxylic acids is 1. The maximum atomic E-state index is 14.3. The Morgan fingerprint density at radius 1 is 1.35 bits per heavy atom. The van der Waals surface area contributed by atoms with E-state index in [1.54, 1.807) is 6.20 Å². The highest BCUT2D eigenvalue weighted by Gasteiger charge is 2.57. The lowest BCUT2D eigenvalue weighted by atomic mass is 9.74. The zero-order chi connectivity index (χ0) is 18.4. The van der Waals surface area contributed by atoms with E-state index in [2.05, 4.69) is 15.3 Å². The van der Waals surface area contributed by atoms with Crippen molar-refractivity contribution >= 4 is 34.8 Å². The summed E-state index contributed by atoms with van der Waals surface area (Å²) < 4.78 is 20.1. The standard InChI is InChI=1S/C18H16Cl2FN3O2/c1-8-4-9(2-3-22-8)14-15(13-6-12(21)16(14)26-13)18(25)24-10-5-11(19)17(20)23-7-10/h2-5,7,12-16H,6H2,1H3,(H,24,25)/t12-,13+,14+,15-,16-/m0/s1. The summed E-state index contributed by atoms with van der Waals surface area (Å²) in [5.41, 5.74) is 2.11. The topological polar surface area (TPSA) is 64.1 Å². The van der Waals surface area contributed by atoms with Gasteiger partial charge in [0, 0.05) is 24.2 Å². The van der Waals surface area contributed by atoms with Crippen LogP contribution in [-0.4, -0.2) is 34.3 Å². The van der Waals surface area contributed by atoms with E-state index in [9.17, 15) is 9.18 Å². The fraction of sp³-hybridized carbons (Fsp3) is 0.389. The van der Waals surface area contributed by atoms with Gasteiger partial charge < -0.3 is 10.1 Å². The van der Waals surface area contributed by atoms with Crippen LogP contribution in [0, 0.1) is 12.8 Å². The third-order valence-electron chi connectivity index (χ3n) is 4.96. The molecule has 2 saturated heterocycles. The molecule has 0 saturated carbocycles. The largest absolute Gasteiger partial charge is 0.370 e. The van der Waals surface area contributed by atoms with Gasteiger partial charge in [0.1, 0.15) is 11.3 Å². The van der Waals surface area contributed by atoms with Crippen LogP contribution in [0.15, 0.2) is 30.6 Å². The number of pyridine rings is 2. The first-order chi connectivity index (χ1) is 12.4. The Labute approximate surface area is 159 Å². The number of carbonyl (C=O) groups is 1. The highest BCUT2D eigenvalue weighted by Crippen LogP contribution is 2.50. The van der Waals surface area contributed by atoms with E-state index >= 15 is 0 Å². The number of aryl methyl sites for hydroxylation is 1. The SMILES string of the molecule is Cc1cc([C@H]2[C@H]3O[C@H](C[C@@H]3F)[C@@H]2C(=O)Nc2cnc(Cl)c(Cl)c2)ccn1. The molecule has 0 radical (unpaired) electrons. The molecule has 0 aromatic carbocycles. The molecular formula is C18H16Cl2FN3O2. The van der Waals surface area contributed by atoms with Crippen molar-refractivity contribution < 1.29 is 13.9 Å². The summed E-state index contributed by atoms with van der Waals surface area (Å²) in [5.74, 6) is -1.10. The Hall–Kier alpha value is -1.76. The van der Waals surface area contributed by atoms with Crippen molar-refractivity contribution in [1.82, 2.24) is 9.97 Å². The molecule has 2 aromatic heterocycles. The molecule has 2 aliphatic heterocycles. The maximum Gasteiger partial charge on any atom is 0.230 e. The number of rotatable bonds is 3. The summed E-state index contributed by atoms with van der Waals surface area (Å²) in [5, 5.41) is 3.22. The number of halogens is 3. The van der Waals surface area contributed by atoms with Crippen LogP contribution >= 0.6 is 23.2 Å². The fourth-order valence-electron chi connectivity index (χ4n) is 3.89. The number of aromatic nitrogens is 2. The third kappa shape index (κ3) is 3.06. The summed E-state index contributed by atoms with van der Waals surface area (Å²) in [4.78, 5) is 21.0. The van der Waals surface area contributed by atoms with Crippen LogP contribution in [0.2, 0.25) is 10.2 Å². The van der Waals surface area contributed by atoms with Gasteiger partial charge in [-0.05, 0) is 30.7 Å². The van der Waals surface area contributed by atoms with Crippen molar-refractivity contribution in [2.75, 3.05) is 5.32 Å². The zero-order valence-electron chi connectivity index (χ0n) is 13.8. The lowest BCUT2D eigenvalue weighted by molar-refractivity contribution is -0.121. The Balaban J connectivity index is 1.62. The third-order valence-corrected chi connectivity index (χ3v) is 5.65. The molecule has 0 unspecified atom stereocenters. The highest BCUT2D eigenvalue weighted by molar-refractivity contribution is 6.41. The molecule has 4 heterocycles. The number of ether oxygens (including phenoxy) is 1. The van der Waals surface area contributed by atoms with Crippen molar-refractivity contribution in [3.63, 3.8) is 0 Å². The second-order valence-electron chi connectivity index (χ2n) is 6.66. The number of anilines is 1. The quantitative estimate of drug-likeness (QED) is 0.799. The smallest absolute Gasteiger partial charge is 0.230 e. The number of nitrogens with zero attached hydrogens (tertiary/aromatic N) is 2. The summed E-state index contributed by atoms with van der Waals surface area (Å²) in [6.45, 7) is 1.86. The number of fused-ring (bicyclic) bond motifs is 2. The van der Waals surface area contributed by atoms with E-state index in [0.29, 0.717) is 5.69 Å². The first-order valence-electron chi connectivity index (χ1n) is 8.28. The number of nitrogens with one attached hydrogen (secondary N) is 1. The van der Waals surface area contributed by atoms with Gasteiger partial charge in [-0.3, -0.25) is 9.78 Å². The van der Waals surface area contributed by atoms with E-state index in [-0.39, 0.29) is 28.4 Å². The molecule has 5 atom stereocenters. The van der Waals surface area contributed by atoms with E-state index in [4.69, 9.17) is 27.9 Å². The first-order valence-corrected chi connectivity index (χ1v) is 9.03. The van der Waals surface area contributed by atoms with Gasteiger partial charge in [-0.1, -0.05) is 23.2 Å². The minimum Gasteiger partial charge on any atom is -0.370 e. The van der Waals surface area contributed by atoms with Gasteiger partial charge in [-0.25, -0.2) is 9.37 Å². The second kappa shape index (κ2) is 6.76. The Kier molecular flexibility index (Phi) is 4.59. The van der Waals surface area contributed by atoms with Crippen LogP contribution in [-0.2, 0) is 9.53 Å². The van der Waals surface area contributed by atoms with Crippen molar-refractivity contribution in [3.8, 4) is 0 Å². The molecule has 2 aliphatic rings. The first kappa shape index (κ1) is 17.6. The van der Waals surface area contributed by atoms with Crippen LogP contribution in [0.3, 0.4) is 0 Å². The molecule has 2 fully saturated rings. The number of hydrogen-bond acceptors (Lipinski definition) is 4. The van der Waals surface area contributed by atoms with E-state index in [1.165, 1.54) is 12.3 Å². The summed E-state index contributed by atoms with van der Waals surface area (Å²) in [6, 6.07) is 5.23. The van der Waals surface area contributed by atoms with Crippen molar-refractivity contribution in [2.45, 2.75) is 37.6 Å². The molecule has 2 bridgehead atoms. The molecule has 4 rings (SSSR count). The lowest BCUT2D eigenvalue weighted by Gasteiger charge is -2.29. The molecule has 1 amide bonds. The Bertz CT molecular complexity index is 866. The molecule has 2 aromatic rings. The van der Waals surface area contributed by atoms with Gasteiger partial charge in [0.05, 0.1) is 35.0 Å². The van der Waals surface area contributed by atoms with Gasteiger partial charge in [-0.15, -0.1) is 0 Å². The molecule has 0 aliphatic carbocycles. The van der Waals surface area contributed by atoms with Gasteiger partial charge in [0.25, 0.3) is 0 Å². The van der Waals surface area contributed by atoms with Crippen molar-refractivity contribution in [1.29, 1.82) is 0 Å². The molecule has 26 heavy (non-hydrogen) atoms. The van der Waals surface area contributed by atoms with Crippen LogP contribution < -0.4 is 5.32 Å². The molecule has 5 nitrogen and oxygen atoms in total. The maximum absolute atomic E-state index is 14.3. The van der Waals surface area contributed by atoms with Crippen LogP contribution in [0.25, 0.3) is 0 Å². The average Bonchev–Trinajstić information content (AvgIpc) is 3.15. The fourth-order valence-corrected chi connectivity index (χ4v) is 4.16. The molecule has 136 valence electrons. The number of amides is 1. The Morgan fingerprint density at radius 2 is 2.15 bits per heavy atom. The van der Waals surface area contributed by atoms with Gasteiger partial charge in [0.2, 0.25) is 5.91 Å². The van der Waals surface area contributed by atoms with Crippen LogP contribution in [0.4, 0.5) is 10.1 Å². The highest BCUT2D eigenvalue weighted by atomic mass is 35.5. The number of hydrogen-bond donors (Lipinski definition) is 1. The Morgan fingerprint density at radius 3 is 2.88 bits per heavy atom. The minimum absolute atomic E-state index is 0.165. The molecule has 1 N–H and O–H groups in total. The van der Waals surface area contributed by atoms with E-state index in [0.717, 1.165) is 11.3 Å². The second-order valence-corrected chi connectivity index (χ2v) is 7.42. The lowest BCUT2D eigenvalue weighted by Crippen LogP contribution is -2.39. The van der Waals surface area contributed by atoms with Crippen molar-refractivity contribution in [2.24, 2.45) is 5.92 Å². The summed E-state index contributed by atoms with van der Waals surface area (Å²) in [6.07, 6.45) is 1.18. The average molecular weight is 396 g/mol. The van der Waals surface area contributed by atoms with E-state index < -0.39 is 24.3 Å². The molecule has 8 heteroatoms. The monoisotopic (exact) mass is 395 g/mol. The van der Waals surface area contributed by atoms with Gasteiger partial charge in [-0.2, -0.15) is 0 Å². The van der Waals surface area contributed by atoms with Crippen molar-refractivity contribution in [3.05, 3.63) is 52.0 Å². The normalized spacial score (nSPS) is 29.8. The summed E-state index contributed by atoms with van der Waals surface area (Å²) >= 11 is 11.8. The van der Waals surface area contributed by atoms with Crippen LogP contribution in [0.1, 0.15) is 23.6 Å².